The number of aliphatic hydroxyl groups is 1. The average molecular weight is 374 g/mol. The molecular weight excluding hydrogens is 338 g/mol. The van der Waals surface area contributed by atoms with Crippen LogP contribution in [-0.4, -0.2) is 64.8 Å². The molecule has 2 aliphatic heterocycles. The van der Waals surface area contributed by atoms with Crippen LogP contribution in [0.3, 0.4) is 0 Å². The van der Waals surface area contributed by atoms with Gasteiger partial charge in [-0.3, -0.25) is 0 Å². The monoisotopic (exact) mass is 373 g/mol. The van der Waals surface area contributed by atoms with Crippen molar-refractivity contribution in [3.8, 4) is 0 Å². The smallest absolute Gasteiger partial charge is 0.224 e. The zero-order chi connectivity index (χ0) is 18.5. The molecule has 1 aromatic heterocycles. The standard InChI is InChI=1S/C21H35N5O/c27-19-9-13-26(14-10-19)20-8-11-22-21(24-20)23-18-7-4-12-25(16-18)15-17-5-2-1-3-6-17/h8,11,17-19,27H,1-7,9-10,12-16H2,(H,22,23,24)/t18-/m1/s1. The van der Waals surface area contributed by atoms with E-state index in [4.69, 9.17) is 4.98 Å². The Hall–Kier alpha value is -1.40. The van der Waals surface area contributed by atoms with Gasteiger partial charge in [-0.1, -0.05) is 19.3 Å². The topological polar surface area (TPSA) is 64.5 Å². The predicted molar refractivity (Wildman–Crippen MR) is 109 cm³/mol. The van der Waals surface area contributed by atoms with Crippen LogP contribution in [0, 0.1) is 5.92 Å². The minimum absolute atomic E-state index is 0.155. The van der Waals surface area contributed by atoms with E-state index < -0.39 is 0 Å². The van der Waals surface area contributed by atoms with E-state index >= 15 is 0 Å². The van der Waals surface area contributed by atoms with Gasteiger partial charge in [0, 0.05) is 38.4 Å². The molecule has 1 aromatic rings. The highest BCUT2D eigenvalue weighted by Crippen LogP contribution is 2.26. The normalized spacial score (nSPS) is 26.3. The molecule has 6 heteroatoms. The number of hydrogen-bond acceptors (Lipinski definition) is 6. The van der Waals surface area contributed by atoms with E-state index in [-0.39, 0.29) is 6.10 Å². The van der Waals surface area contributed by atoms with E-state index in [1.54, 1.807) is 0 Å². The highest BCUT2D eigenvalue weighted by Gasteiger charge is 2.24. The molecule has 0 unspecified atom stereocenters. The summed E-state index contributed by atoms with van der Waals surface area (Å²) in [6, 6.07) is 2.43. The van der Waals surface area contributed by atoms with Gasteiger partial charge in [0.2, 0.25) is 5.95 Å². The molecule has 0 spiro atoms. The summed E-state index contributed by atoms with van der Waals surface area (Å²) in [4.78, 5) is 14.1. The zero-order valence-electron chi connectivity index (χ0n) is 16.5. The van der Waals surface area contributed by atoms with E-state index in [0.717, 1.165) is 50.2 Å². The second-order valence-electron chi connectivity index (χ2n) is 8.70. The van der Waals surface area contributed by atoms with Gasteiger partial charge in [-0.25, -0.2) is 4.98 Å². The fourth-order valence-electron chi connectivity index (χ4n) is 4.95. The van der Waals surface area contributed by atoms with Crippen molar-refractivity contribution in [2.24, 2.45) is 5.92 Å². The molecule has 0 amide bonds. The summed E-state index contributed by atoms with van der Waals surface area (Å²) in [6.45, 7) is 5.37. The molecule has 0 aromatic carbocycles. The Kier molecular flexibility index (Phi) is 6.45. The summed E-state index contributed by atoms with van der Waals surface area (Å²) in [5, 5.41) is 13.3. The molecule has 3 aliphatic rings. The van der Waals surface area contributed by atoms with Crippen LogP contribution in [0.25, 0.3) is 0 Å². The third-order valence-corrected chi connectivity index (χ3v) is 6.51. The van der Waals surface area contributed by atoms with Crippen molar-refractivity contribution in [1.82, 2.24) is 14.9 Å². The third kappa shape index (κ3) is 5.32. The lowest BCUT2D eigenvalue weighted by molar-refractivity contribution is 0.145. The summed E-state index contributed by atoms with van der Waals surface area (Å²) >= 11 is 0. The molecule has 0 radical (unpaired) electrons. The van der Waals surface area contributed by atoms with Crippen LogP contribution in [0.2, 0.25) is 0 Å². The minimum atomic E-state index is -0.155. The van der Waals surface area contributed by atoms with Gasteiger partial charge in [0.15, 0.2) is 0 Å². The molecule has 150 valence electrons. The van der Waals surface area contributed by atoms with Crippen LogP contribution in [0.1, 0.15) is 57.8 Å². The Balaban J connectivity index is 1.31. The van der Waals surface area contributed by atoms with Gasteiger partial charge >= 0.3 is 0 Å². The second-order valence-corrected chi connectivity index (χ2v) is 8.70. The minimum Gasteiger partial charge on any atom is -0.393 e. The summed E-state index contributed by atoms with van der Waals surface area (Å²) in [5.41, 5.74) is 0. The lowest BCUT2D eigenvalue weighted by Crippen LogP contribution is -2.44. The van der Waals surface area contributed by atoms with Crippen LogP contribution in [-0.2, 0) is 0 Å². The first kappa shape index (κ1) is 18.9. The van der Waals surface area contributed by atoms with Crippen molar-refractivity contribution in [1.29, 1.82) is 0 Å². The maximum Gasteiger partial charge on any atom is 0.224 e. The van der Waals surface area contributed by atoms with Crippen molar-refractivity contribution in [2.75, 3.05) is 42.9 Å². The number of hydrogen-bond donors (Lipinski definition) is 2. The quantitative estimate of drug-likeness (QED) is 0.827. The van der Waals surface area contributed by atoms with Crippen molar-refractivity contribution >= 4 is 11.8 Å². The van der Waals surface area contributed by atoms with Crippen molar-refractivity contribution in [3.63, 3.8) is 0 Å². The molecule has 6 nitrogen and oxygen atoms in total. The van der Waals surface area contributed by atoms with Crippen LogP contribution >= 0.6 is 0 Å². The summed E-state index contributed by atoms with van der Waals surface area (Å²) in [5.74, 6) is 2.64. The van der Waals surface area contributed by atoms with Gasteiger partial charge in [0.05, 0.1) is 6.10 Å². The van der Waals surface area contributed by atoms with Gasteiger partial charge in [-0.15, -0.1) is 0 Å². The summed E-state index contributed by atoms with van der Waals surface area (Å²) in [6.07, 6.45) is 12.9. The van der Waals surface area contributed by atoms with Crippen molar-refractivity contribution in [3.05, 3.63) is 12.3 Å². The van der Waals surface area contributed by atoms with Gasteiger partial charge in [0.25, 0.3) is 0 Å². The van der Waals surface area contributed by atoms with Crippen LogP contribution in [0.15, 0.2) is 12.3 Å². The Morgan fingerprint density at radius 3 is 2.63 bits per heavy atom. The molecule has 27 heavy (non-hydrogen) atoms. The SMILES string of the molecule is OC1CCN(c2ccnc(N[C@@H]3CCCN(CC4CCCCC4)C3)n2)CC1. The largest absolute Gasteiger partial charge is 0.393 e. The number of aliphatic hydroxyl groups excluding tert-OH is 1. The average Bonchev–Trinajstić information content (AvgIpc) is 2.70. The summed E-state index contributed by atoms with van der Waals surface area (Å²) < 4.78 is 0. The lowest BCUT2D eigenvalue weighted by Gasteiger charge is -2.36. The fourth-order valence-corrected chi connectivity index (χ4v) is 4.95. The van der Waals surface area contributed by atoms with E-state index in [2.05, 4.69) is 20.1 Å². The van der Waals surface area contributed by atoms with E-state index in [1.165, 1.54) is 58.0 Å². The molecule has 0 bridgehead atoms. The summed E-state index contributed by atoms with van der Waals surface area (Å²) in [7, 11) is 0. The van der Waals surface area contributed by atoms with E-state index in [0.29, 0.717) is 6.04 Å². The molecule has 2 saturated heterocycles. The maximum atomic E-state index is 9.71. The van der Waals surface area contributed by atoms with Gasteiger partial charge < -0.3 is 20.2 Å². The number of nitrogens with one attached hydrogen (secondary N) is 1. The fraction of sp³-hybridized carbons (Fsp3) is 0.810. The lowest BCUT2D eigenvalue weighted by atomic mass is 9.88. The highest BCUT2D eigenvalue weighted by molar-refractivity contribution is 5.43. The predicted octanol–water partition coefficient (Wildman–Crippen LogP) is 2.89. The third-order valence-electron chi connectivity index (χ3n) is 6.51. The Morgan fingerprint density at radius 1 is 1.00 bits per heavy atom. The van der Waals surface area contributed by atoms with Crippen molar-refractivity contribution < 1.29 is 5.11 Å². The first-order valence-corrected chi connectivity index (χ1v) is 11.0. The second kappa shape index (κ2) is 9.20. The number of rotatable bonds is 5. The molecule has 4 rings (SSSR count). The Morgan fingerprint density at radius 2 is 1.81 bits per heavy atom. The molecule has 3 fully saturated rings. The van der Waals surface area contributed by atoms with E-state index in [9.17, 15) is 5.11 Å². The highest BCUT2D eigenvalue weighted by atomic mass is 16.3. The van der Waals surface area contributed by atoms with E-state index in [1.807, 2.05) is 12.3 Å². The molecule has 3 heterocycles. The number of likely N-dealkylation sites (tertiary alicyclic amines) is 1. The van der Waals surface area contributed by atoms with Gasteiger partial charge in [-0.05, 0) is 57.1 Å². The van der Waals surface area contributed by atoms with Crippen molar-refractivity contribution in [2.45, 2.75) is 69.9 Å². The number of nitrogens with zero attached hydrogens (tertiary/aromatic N) is 4. The first-order chi connectivity index (χ1) is 13.3. The maximum absolute atomic E-state index is 9.71. The molecule has 1 saturated carbocycles. The molecule has 1 atom stereocenters. The molecule has 1 aliphatic carbocycles. The number of anilines is 2. The molecule has 2 N–H and O–H groups in total. The Bertz CT molecular complexity index is 584. The van der Waals surface area contributed by atoms with Crippen LogP contribution in [0.4, 0.5) is 11.8 Å². The molecular formula is C21H35N5O. The van der Waals surface area contributed by atoms with Gasteiger partial charge in [-0.2, -0.15) is 4.98 Å². The number of aromatic nitrogens is 2. The number of piperidine rings is 2. The van der Waals surface area contributed by atoms with Gasteiger partial charge in [0.1, 0.15) is 5.82 Å². The van der Waals surface area contributed by atoms with Crippen LogP contribution < -0.4 is 10.2 Å². The zero-order valence-corrected chi connectivity index (χ0v) is 16.5. The first-order valence-electron chi connectivity index (χ1n) is 11.0. The Labute approximate surface area is 163 Å². The van der Waals surface area contributed by atoms with Crippen LogP contribution in [0.5, 0.6) is 0 Å².